The summed E-state index contributed by atoms with van der Waals surface area (Å²) in [6.07, 6.45) is 2.47. The maximum Gasteiger partial charge on any atom is 0.277 e. The topological polar surface area (TPSA) is 69.2 Å². The minimum Gasteiger partial charge on any atom is -0.493 e. The van der Waals surface area contributed by atoms with Crippen molar-refractivity contribution in [3.05, 3.63) is 54.1 Å². The van der Waals surface area contributed by atoms with Gasteiger partial charge in [0.25, 0.3) is 5.91 Å². The molecule has 0 saturated heterocycles. The molecule has 1 amide bonds. The zero-order valence-corrected chi connectivity index (χ0v) is 14.4. The Hall–Kier alpha value is -3.02. The number of carbonyl (C=O) groups excluding carboxylic acids is 1. The molecule has 0 unspecified atom stereocenters. The van der Waals surface area contributed by atoms with Crippen molar-refractivity contribution in [2.75, 3.05) is 20.3 Å². The first-order chi connectivity index (χ1) is 12.2. The molecule has 0 fully saturated rings. The number of ether oxygens (including phenoxy) is 3. The molecule has 2 rings (SSSR count). The zero-order valence-electron chi connectivity index (χ0n) is 14.4. The minimum absolute atomic E-state index is 0.161. The summed E-state index contributed by atoms with van der Waals surface area (Å²) < 4.78 is 16.2. The second-order valence-electron chi connectivity index (χ2n) is 5.12. The van der Waals surface area contributed by atoms with Gasteiger partial charge in [-0.1, -0.05) is 31.2 Å². The van der Waals surface area contributed by atoms with Gasteiger partial charge >= 0.3 is 0 Å². The van der Waals surface area contributed by atoms with Crippen LogP contribution >= 0.6 is 0 Å². The van der Waals surface area contributed by atoms with E-state index in [4.69, 9.17) is 14.2 Å². The molecule has 0 aromatic heterocycles. The van der Waals surface area contributed by atoms with E-state index < -0.39 is 0 Å². The van der Waals surface area contributed by atoms with E-state index in [2.05, 4.69) is 10.5 Å². The molecular formula is C19H22N2O4. The van der Waals surface area contributed by atoms with Crippen molar-refractivity contribution in [1.82, 2.24) is 5.43 Å². The summed E-state index contributed by atoms with van der Waals surface area (Å²) in [5.41, 5.74) is 3.22. The number of methoxy groups -OCH3 is 1. The molecule has 0 atom stereocenters. The molecule has 0 radical (unpaired) electrons. The first kappa shape index (κ1) is 18.3. The average Bonchev–Trinajstić information content (AvgIpc) is 2.65. The Labute approximate surface area is 147 Å². The van der Waals surface area contributed by atoms with Gasteiger partial charge in [0.05, 0.1) is 19.9 Å². The predicted molar refractivity (Wildman–Crippen MR) is 96.5 cm³/mol. The molecule has 0 spiro atoms. The fraction of sp³-hybridized carbons (Fsp3) is 0.263. The smallest absolute Gasteiger partial charge is 0.277 e. The zero-order chi connectivity index (χ0) is 17.9. The molecule has 0 saturated carbocycles. The number of hydrogen-bond acceptors (Lipinski definition) is 5. The molecule has 0 aliphatic carbocycles. The number of hydrazone groups is 1. The lowest BCUT2D eigenvalue weighted by Gasteiger charge is -2.09. The lowest BCUT2D eigenvalue weighted by molar-refractivity contribution is -0.123. The van der Waals surface area contributed by atoms with Gasteiger partial charge in [0, 0.05) is 5.56 Å². The number of hydrogen-bond donors (Lipinski definition) is 1. The fourth-order valence-electron chi connectivity index (χ4n) is 2.02. The molecule has 0 aliphatic rings. The summed E-state index contributed by atoms with van der Waals surface area (Å²) in [5.74, 6) is 1.44. The number of benzene rings is 2. The van der Waals surface area contributed by atoms with Gasteiger partial charge in [0.1, 0.15) is 5.75 Å². The molecule has 2 aromatic rings. The fourth-order valence-corrected chi connectivity index (χ4v) is 2.02. The molecule has 6 nitrogen and oxygen atoms in total. The van der Waals surface area contributed by atoms with Crippen molar-refractivity contribution in [3.63, 3.8) is 0 Å². The normalized spacial score (nSPS) is 10.5. The van der Waals surface area contributed by atoms with E-state index in [0.29, 0.717) is 18.1 Å². The molecule has 25 heavy (non-hydrogen) atoms. The van der Waals surface area contributed by atoms with Gasteiger partial charge in [-0.15, -0.1) is 0 Å². The molecule has 132 valence electrons. The number of nitrogens with one attached hydrogen (secondary N) is 1. The van der Waals surface area contributed by atoms with Crippen LogP contribution in [-0.2, 0) is 4.79 Å². The number of nitrogens with zero attached hydrogens (tertiary/aromatic N) is 1. The second-order valence-corrected chi connectivity index (χ2v) is 5.12. The Morgan fingerprint density at radius 1 is 1.04 bits per heavy atom. The number of carbonyl (C=O) groups is 1. The van der Waals surface area contributed by atoms with Crippen molar-refractivity contribution < 1.29 is 19.0 Å². The average molecular weight is 342 g/mol. The Morgan fingerprint density at radius 2 is 1.72 bits per heavy atom. The van der Waals surface area contributed by atoms with Crippen LogP contribution in [0, 0.1) is 0 Å². The van der Waals surface area contributed by atoms with Crippen LogP contribution in [0.1, 0.15) is 18.9 Å². The first-order valence-electron chi connectivity index (χ1n) is 8.04. The summed E-state index contributed by atoms with van der Waals surface area (Å²) in [7, 11) is 1.55. The third-order valence-electron chi connectivity index (χ3n) is 3.20. The monoisotopic (exact) mass is 342 g/mol. The van der Waals surface area contributed by atoms with Gasteiger partial charge in [-0.05, 0) is 30.7 Å². The van der Waals surface area contributed by atoms with E-state index in [1.54, 1.807) is 31.5 Å². The van der Waals surface area contributed by atoms with Crippen LogP contribution in [0.4, 0.5) is 0 Å². The lowest BCUT2D eigenvalue weighted by Crippen LogP contribution is -2.24. The summed E-state index contributed by atoms with van der Waals surface area (Å²) in [6, 6.07) is 14.6. The standard InChI is InChI=1S/C19H22N2O4/c1-3-12-24-16-9-5-4-8-15(16)13-20-21-19(22)14-25-18-11-7-6-10-17(18)23-2/h4-11,13H,3,12,14H2,1-2H3,(H,21,22)/b20-13+. The molecule has 0 heterocycles. The summed E-state index contributed by atoms with van der Waals surface area (Å²) in [5, 5.41) is 3.95. The van der Waals surface area contributed by atoms with Crippen LogP contribution in [-0.4, -0.2) is 32.4 Å². The van der Waals surface area contributed by atoms with E-state index in [0.717, 1.165) is 17.7 Å². The second kappa shape index (κ2) is 9.97. The van der Waals surface area contributed by atoms with Gasteiger partial charge in [0.15, 0.2) is 18.1 Å². The van der Waals surface area contributed by atoms with Crippen molar-refractivity contribution >= 4 is 12.1 Å². The molecule has 1 N–H and O–H groups in total. The van der Waals surface area contributed by atoms with Gasteiger partial charge in [-0.3, -0.25) is 4.79 Å². The van der Waals surface area contributed by atoms with Crippen molar-refractivity contribution in [3.8, 4) is 17.2 Å². The Bertz CT molecular complexity index is 716. The van der Waals surface area contributed by atoms with E-state index >= 15 is 0 Å². The third kappa shape index (κ3) is 5.84. The maximum absolute atomic E-state index is 11.8. The largest absolute Gasteiger partial charge is 0.493 e. The Kier molecular flexibility index (Phi) is 7.31. The highest BCUT2D eigenvalue weighted by Crippen LogP contribution is 2.25. The highest BCUT2D eigenvalue weighted by atomic mass is 16.5. The molecular weight excluding hydrogens is 320 g/mol. The third-order valence-corrected chi connectivity index (χ3v) is 3.20. The highest BCUT2D eigenvalue weighted by molar-refractivity contribution is 5.85. The molecule has 6 heteroatoms. The summed E-state index contributed by atoms with van der Waals surface area (Å²) >= 11 is 0. The van der Waals surface area contributed by atoms with Crippen LogP contribution in [0.2, 0.25) is 0 Å². The highest BCUT2D eigenvalue weighted by Gasteiger charge is 2.06. The van der Waals surface area contributed by atoms with Gasteiger partial charge in [-0.2, -0.15) is 5.10 Å². The summed E-state index contributed by atoms with van der Waals surface area (Å²) in [4.78, 5) is 11.8. The van der Waals surface area contributed by atoms with Crippen molar-refractivity contribution in [2.24, 2.45) is 5.10 Å². The summed E-state index contributed by atoms with van der Waals surface area (Å²) in [6.45, 7) is 2.51. The molecule has 0 aliphatic heterocycles. The van der Waals surface area contributed by atoms with Gasteiger partial charge < -0.3 is 14.2 Å². The van der Waals surface area contributed by atoms with Crippen LogP contribution in [0.5, 0.6) is 17.2 Å². The van der Waals surface area contributed by atoms with Crippen LogP contribution in [0.3, 0.4) is 0 Å². The molecule has 0 bridgehead atoms. The van der Waals surface area contributed by atoms with E-state index in [1.807, 2.05) is 37.3 Å². The van der Waals surface area contributed by atoms with Crippen molar-refractivity contribution in [1.29, 1.82) is 0 Å². The van der Waals surface area contributed by atoms with Crippen LogP contribution in [0.25, 0.3) is 0 Å². The number of para-hydroxylation sites is 3. The lowest BCUT2D eigenvalue weighted by atomic mass is 10.2. The first-order valence-corrected chi connectivity index (χ1v) is 8.04. The quantitative estimate of drug-likeness (QED) is 0.562. The number of rotatable bonds is 9. The van der Waals surface area contributed by atoms with Crippen molar-refractivity contribution in [2.45, 2.75) is 13.3 Å². The SMILES string of the molecule is CCCOc1ccccc1/C=N/NC(=O)COc1ccccc1OC. The van der Waals surface area contributed by atoms with Gasteiger partial charge in [0.2, 0.25) is 0 Å². The molecule has 2 aromatic carbocycles. The van der Waals surface area contributed by atoms with Crippen LogP contribution in [0.15, 0.2) is 53.6 Å². The Balaban J connectivity index is 1.86. The maximum atomic E-state index is 11.8. The van der Waals surface area contributed by atoms with Gasteiger partial charge in [-0.25, -0.2) is 5.43 Å². The Morgan fingerprint density at radius 3 is 2.44 bits per heavy atom. The predicted octanol–water partition coefficient (Wildman–Crippen LogP) is 3.01. The van der Waals surface area contributed by atoms with E-state index in [9.17, 15) is 4.79 Å². The van der Waals surface area contributed by atoms with E-state index in [1.165, 1.54) is 0 Å². The minimum atomic E-state index is -0.367. The van der Waals surface area contributed by atoms with E-state index in [-0.39, 0.29) is 12.5 Å². The van der Waals surface area contributed by atoms with Crippen LogP contribution < -0.4 is 19.6 Å². The number of amides is 1.